The Hall–Kier alpha value is -2.65. The number of benzene rings is 3. The highest BCUT2D eigenvalue weighted by Crippen LogP contribution is 2.35. The summed E-state index contributed by atoms with van der Waals surface area (Å²) in [7, 11) is 0. The maximum atomic E-state index is 14.2. The fourth-order valence-corrected chi connectivity index (χ4v) is 4.19. The number of aliphatic hydroxyl groups excluding tert-OH is 1. The Bertz CT molecular complexity index is 1010. The summed E-state index contributed by atoms with van der Waals surface area (Å²) in [5.74, 6) is -2.17. The van der Waals surface area contributed by atoms with E-state index >= 15 is 0 Å². The molecule has 3 aromatic rings. The first-order valence-electron chi connectivity index (χ1n) is 11.7. The topological polar surface area (TPSA) is 77.4 Å². The standard InChI is InChI=1S/C28H31FO6/c29-16-24-25(32-17-21-10-4-1-5-11-21)26(33-18-22-12-6-2-7-13-22)27(28(31,20-30)35-24)34-19-23-14-8-3-9-15-23/h1-15,24-27,30-31H,16-20H2/t24?,25-,26?,27?,28+/m1/s1. The molecule has 0 bridgehead atoms. The van der Waals surface area contributed by atoms with E-state index in [1.807, 2.05) is 91.0 Å². The van der Waals surface area contributed by atoms with Crippen LogP contribution >= 0.6 is 0 Å². The Labute approximate surface area is 204 Å². The Morgan fingerprint density at radius 3 is 1.54 bits per heavy atom. The zero-order valence-corrected chi connectivity index (χ0v) is 19.4. The van der Waals surface area contributed by atoms with Crippen LogP contribution < -0.4 is 0 Å². The van der Waals surface area contributed by atoms with Gasteiger partial charge in [-0.05, 0) is 16.7 Å². The van der Waals surface area contributed by atoms with Crippen LogP contribution in [-0.2, 0) is 38.8 Å². The number of rotatable bonds is 11. The number of alkyl halides is 1. The van der Waals surface area contributed by atoms with E-state index in [0.717, 1.165) is 16.7 Å². The van der Waals surface area contributed by atoms with Gasteiger partial charge in [-0.15, -0.1) is 0 Å². The number of halogens is 1. The van der Waals surface area contributed by atoms with E-state index in [1.165, 1.54) is 0 Å². The van der Waals surface area contributed by atoms with Crippen molar-refractivity contribution in [2.75, 3.05) is 13.3 Å². The van der Waals surface area contributed by atoms with E-state index < -0.39 is 43.5 Å². The van der Waals surface area contributed by atoms with Gasteiger partial charge in [0.05, 0.1) is 26.4 Å². The summed E-state index contributed by atoms with van der Waals surface area (Å²) in [5.41, 5.74) is 2.66. The molecule has 0 aliphatic carbocycles. The second-order valence-electron chi connectivity index (χ2n) is 8.55. The van der Waals surface area contributed by atoms with Gasteiger partial charge in [-0.2, -0.15) is 0 Å². The van der Waals surface area contributed by atoms with Crippen LogP contribution in [0.1, 0.15) is 16.7 Å². The predicted molar refractivity (Wildman–Crippen MR) is 128 cm³/mol. The first-order valence-corrected chi connectivity index (χ1v) is 11.7. The van der Waals surface area contributed by atoms with Crippen LogP contribution in [0.25, 0.3) is 0 Å². The van der Waals surface area contributed by atoms with Crippen molar-refractivity contribution < 1.29 is 33.6 Å². The average molecular weight is 483 g/mol. The fourth-order valence-electron chi connectivity index (χ4n) is 4.19. The molecule has 3 unspecified atom stereocenters. The van der Waals surface area contributed by atoms with Gasteiger partial charge in [0.15, 0.2) is 0 Å². The van der Waals surface area contributed by atoms with Crippen molar-refractivity contribution in [3.05, 3.63) is 108 Å². The molecule has 1 fully saturated rings. The van der Waals surface area contributed by atoms with E-state index in [2.05, 4.69) is 0 Å². The summed E-state index contributed by atoms with van der Waals surface area (Å²) >= 11 is 0. The first kappa shape index (κ1) is 25.4. The summed E-state index contributed by atoms with van der Waals surface area (Å²) in [6.07, 6.45) is -4.11. The predicted octanol–water partition coefficient (Wildman–Crippen LogP) is 3.79. The molecule has 5 atom stereocenters. The molecule has 0 radical (unpaired) electrons. The van der Waals surface area contributed by atoms with Crippen molar-refractivity contribution in [2.45, 2.75) is 50.0 Å². The highest BCUT2D eigenvalue weighted by Gasteiger charge is 2.56. The molecule has 6 nitrogen and oxygen atoms in total. The summed E-state index contributed by atoms with van der Waals surface area (Å²) in [6.45, 7) is -1.21. The van der Waals surface area contributed by atoms with Crippen LogP contribution in [-0.4, -0.2) is 53.7 Å². The summed E-state index contributed by atoms with van der Waals surface area (Å²) in [5, 5.41) is 21.2. The summed E-state index contributed by atoms with van der Waals surface area (Å²) in [4.78, 5) is 0. The largest absolute Gasteiger partial charge is 0.391 e. The van der Waals surface area contributed by atoms with Crippen LogP contribution in [0.3, 0.4) is 0 Å². The molecule has 1 aliphatic rings. The quantitative estimate of drug-likeness (QED) is 0.433. The minimum Gasteiger partial charge on any atom is -0.391 e. The van der Waals surface area contributed by atoms with E-state index in [9.17, 15) is 14.6 Å². The smallest absolute Gasteiger partial charge is 0.219 e. The molecular weight excluding hydrogens is 451 g/mol. The molecule has 35 heavy (non-hydrogen) atoms. The first-order chi connectivity index (χ1) is 17.1. The number of hydrogen-bond acceptors (Lipinski definition) is 6. The fraction of sp³-hybridized carbons (Fsp3) is 0.357. The van der Waals surface area contributed by atoms with E-state index in [0.29, 0.717) is 0 Å². The molecular formula is C28H31FO6. The lowest BCUT2D eigenvalue weighted by Gasteiger charge is -2.49. The van der Waals surface area contributed by atoms with E-state index in [4.69, 9.17) is 18.9 Å². The molecule has 186 valence electrons. The number of aliphatic hydroxyl groups is 2. The molecule has 4 rings (SSSR count). The Balaban J connectivity index is 1.61. The van der Waals surface area contributed by atoms with E-state index in [-0.39, 0.29) is 19.8 Å². The monoisotopic (exact) mass is 482 g/mol. The lowest BCUT2D eigenvalue weighted by atomic mass is 9.92. The lowest BCUT2D eigenvalue weighted by molar-refractivity contribution is -0.374. The molecule has 1 saturated heterocycles. The molecule has 1 heterocycles. The normalized spacial score (nSPS) is 26.5. The third-order valence-electron chi connectivity index (χ3n) is 6.01. The zero-order chi connectivity index (χ0) is 24.5. The van der Waals surface area contributed by atoms with Crippen molar-refractivity contribution in [3.63, 3.8) is 0 Å². The minimum atomic E-state index is -2.17. The molecule has 1 aliphatic heterocycles. The third-order valence-corrected chi connectivity index (χ3v) is 6.01. The van der Waals surface area contributed by atoms with Crippen LogP contribution in [0.2, 0.25) is 0 Å². The lowest BCUT2D eigenvalue weighted by Crippen LogP contribution is -2.68. The molecule has 2 N–H and O–H groups in total. The van der Waals surface area contributed by atoms with Gasteiger partial charge in [0.1, 0.15) is 31.1 Å². The average Bonchev–Trinajstić information content (AvgIpc) is 2.92. The van der Waals surface area contributed by atoms with Crippen molar-refractivity contribution >= 4 is 0 Å². The van der Waals surface area contributed by atoms with Crippen molar-refractivity contribution in [2.24, 2.45) is 0 Å². The van der Waals surface area contributed by atoms with Gasteiger partial charge < -0.3 is 29.2 Å². The van der Waals surface area contributed by atoms with Gasteiger partial charge >= 0.3 is 0 Å². The Morgan fingerprint density at radius 1 is 0.686 bits per heavy atom. The molecule has 0 amide bonds. The minimum absolute atomic E-state index is 0.133. The maximum absolute atomic E-state index is 14.2. The van der Waals surface area contributed by atoms with Crippen LogP contribution in [0.4, 0.5) is 4.39 Å². The van der Waals surface area contributed by atoms with Gasteiger partial charge in [-0.3, -0.25) is 0 Å². The van der Waals surface area contributed by atoms with Crippen molar-refractivity contribution in [1.82, 2.24) is 0 Å². The van der Waals surface area contributed by atoms with Crippen molar-refractivity contribution in [3.8, 4) is 0 Å². The van der Waals surface area contributed by atoms with Crippen LogP contribution in [0, 0.1) is 0 Å². The van der Waals surface area contributed by atoms with Gasteiger partial charge in [0.25, 0.3) is 0 Å². The van der Waals surface area contributed by atoms with Gasteiger partial charge in [-0.25, -0.2) is 4.39 Å². The van der Waals surface area contributed by atoms with Gasteiger partial charge in [0.2, 0.25) is 5.79 Å². The number of hydrogen-bond donors (Lipinski definition) is 2. The second-order valence-corrected chi connectivity index (χ2v) is 8.55. The Kier molecular flexibility index (Phi) is 8.98. The third kappa shape index (κ3) is 6.52. The van der Waals surface area contributed by atoms with E-state index in [1.54, 1.807) is 0 Å². The molecule has 7 heteroatoms. The Morgan fingerprint density at radius 2 is 1.11 bits per heavy atom. The van der Waals surface area contributed by atoms with Gasteiger partial charge in [0, 0.05) is 0 Å². The number of ether oxygens (including phenoxy) is 4. The van der Waals surface area contributed by atoms with Crippen LogP contribution in [0.5, 0.6) is 0 Å². The SMILES string of the molecule is OC[C@]1(O)OC(CF)[C@@H](OCc2ccccc2)C(OCc2ccccc2)C1OCc1ccccc1. The van der Waals surface area contributed by atoms with Crippen LogP contribution in [0.15, 0.2) is 91.0 Å². The molecule has 0 saturated carbocycles. The zero-order valence-electron chi connectivity index (χ0n) is 19.4. The summed E-state index contributed by atoms with van der Waals surface area (Å²) in [6, 6.07) is 28.4. The second kappa shape index (κ2) is 12.4. The maximum Gasteiger partial charge on any atom is 0.219 e. The highest BCUT2D eigenvalue weighted by molar-refractivity contribution is 5.16. The summed E-state index contributed by atoms with van der Waals surface area (Å²) < 4.78 is 38.3. The molecule has 0 spiro atoms. The van der Waals surface area contributed by atoms with Gasteiger partial charge in [-0.1, -0.05) is 91.0 Å². The van der Waals surface area contributed by atoms with Crippen molar-refractivity contribution in [1.29, 1.82) is 0 Å². The molecule has 3 aromatic carbocycles. The highest BCUT2D eigenvalue weighted by atomic mass is 19.1. The molecule has 0 aromatic heterocycles.